The van der Waals surface area contributed by atoms with Crippen LogP contribution < -0.4 is 0 Å². The Kier molecular flexibility index (Phi) is 3.32. The molecule has 0 atom stereocenters. The summed E-state index contributed by atoms with van der Waals surface area (Å²) < 4.78 is 25.8. The summed E-state index contributed by atoms with van der Waals surface area (Å²) in [4.78, 5) is 0. The highest BCUT2D eigenvalue weighted by molar-refractivity contribution is 9.10. The maximum absolute atomic E-state index is 11.4. The molecule has 0 fully saturated rings. The van der Waals surface area contributed by atoms with Crippen molar-refractivity contribution < 1.29 is 8.42 Å². The van der Waals surface area contributed by atoms with Crippen LogP contribution in [0.15, 0.2) is 28.7 Å². The Bertz CT molecular complexity index is 658. The van der Waals surface area contributed by atoms with Gasteiger partial charge in [-0.2, -0.15) is 0 Å². The highest BCUT2D eigenvalue weighted by Gasteiger charge is 2.12. The van der Waals surface area contributed by atoms with E-state index in [1.807, 2.05) is 35.8 Å². The number of fused-ring (bicyclic) bond motifs is 1. The van der Waals surface area contributed by atoms with Gasteiger partial charge in [-0.25, -0.2) is 8.42 Å². The third kappa shape index (κ3) is 2.72. The second-order valence-corrected chi connectivity index (χ2v) is 7.21. The van der Waals surface area contributed by atoms with Crippen molar-refractivity contribution >= 4 is 36.7 Å². The number of benzene rings is 1. The number of rotatable bonds is 3. The number of sulfone groups is 1. The molecule has 5 heteroatoms. The minimum Gasteiger partial charge on any atom is -0.344 e. The minimum absolute atomic E-state index is 0.0904. The van der Waals surface area contributed by atoms with E-state index in [2.05, 4.69) is 15.9 Å². The van der Waals surface area contributed by atoms with Crippen LogP contribution in [0.5, 0.6) is 0 Å². The maximum Gasteiger partial charge on any atom is 0.153 e. The molecule has 0 aliphatic carbocycles. The van der Waals surface area contributed by atoms with E-state index in [4.69, 9.17) is 0 Å². The van der Waals surface area contributed by atoms with Gasteiger partial charge in [0.15, 0.2) is 9.84 Å². The second-order valence-electron chi connectivity index (χ2n) is 4.15. The van der Waals surface area contributed by atoms with Crippen molar-refractivity contribution in [2.24, 2.45) is 0 Å². The zero-order valence-electron chi connectivity index (χ0n) is 9.77. The van der Waals surface area contributed by atoms with Crippen molar-refractivity contribution in [3.05, 3.63) is 34.4 Å². The van der Waals surface area contributed by atoms with Gasteiger partial charge < -0.3 is 4.57 Å². The fourth-order valence-corrected chi connectivity index (χ4v) is 3.22. The fraction of sp³-hybridized carbons (Fsp3) is 0.333. The van der Waals surface area contributed by atoms with E-state index in [-0.39, 0.29) is 5.75 Å². The number of nitrogens with zero attached hydrogens (tertiary/aromatic N) is 1. The lowest BCUT2D eigenvalue weighted by Gasteiger charge is -2.06. The first kappa shape index (κ1) is 12.6. The molecule has 2 rings (SSSR count). The van der Waals surface area contributed by atoms with Gasteiger partial charge in [0.2, 0.25) is 0 Å². The average Bonchev–Trinajstić information content (AvgIpc) is 2.51. The van der Waals surface area contributed by atoms with E-state index in [9.17, 15) is 8.42 Å². The molecule has 1 heterocycles. The van der Waals surface area contributed by atoms with Crippen LogP contribution in [0.3, 0.4) is 0 Å². The van der Waals surface area contributed by atoms with Crippen LogP contribution in [-0.4, -0.2) is 19.2 Å². The van der Waals surface area contributed by atoms with Gasteiger partial charge in [-0.1, -0.05) is 15.9 Å². The average molecular weight is 316 g/mol. The van der Waals surface area contributed by atoms with E-state index < -0.39 is 9.84 Å². The number of aryl methyl sites for hydroxylation is 1. The largest absolute Gasteiger partial charge is 0.344 e. The molecule has 0 saturated heterocycles. The fourth-order valence-electron chi connectivity index (χ4n) is 2.06. The van der Waals surface area contributed by atoms with Gasteiger partial charge in [0.25, 0.3) is 0 Å². The Morgan fingerprint density at radius 1 is 1.29 bits per heavy atom. The quantitative estimate of drug-likeness (QED) is 0.873. The van der Waals surface area contributed by atoms with Crippen molar-refractivity contribution in [1.82, 2.24) is 4.57 Å². The van der Waals surface area contributed by atoms with Gasteiger partial charge in [-0.3, -0.25) is 0 Å². The smallest absolute Gasteiger partial charge is 0.153 e. The SMILES string of the molecule is CCn1c(CS(C)(=O)=O)cc2cc(Br)ccc21. The Morgan fingerprint density at radius 3 is 2.59 bits per heavy atom. The normalized spacial score (nSPS) is 12.2. The number of hydrogen-bond acceptors (Lipinski definition) is 2. The van der Waals surface area contributed by atoms with Gasteiger partial charge in [-0.05, 0) is 31.2 Å². The monoisotopic (exact) mass is 315 g/mol. The van der Waals surface area contributed by atoms with E-state index >= 15 is 0 Å². The summed E-state index contributed by atoms with van der Waals surface area (Å²) in [5.41, 5.74) is 1.93. The van der Waals surface area contributed by atoms with Crippen molar-refractivity contribution in [3.8, 4) is 0 Å². The van der Waals surface area contributed by atoms with Crippen molar-refractivity contribution in [1.29, 1.82) is 0 Å². The minimum atomic E-state index is -3.00. The Hall–Kier alpha value is -0.810. The number of halogens is 1. The lowest BCUT2D eigenvalue weighted by molar-refractivity contribution is 0.598. The Balaban J connectivity index is 2.63. The van der Waals surface area contributed by atoms with Crippen LogP contribution >= 0.6 is 15.9 Å². The lowest BCUT2D eigenvalue weighted by atomic mass is 10.2. The molecule has 0 aliphatic heterocycles. The molecule has 0 bridgehead atoms. The molecule has 0 amide bonds. The van der Waals surface area contributed by atoms with Gasteiger partial charge >= 0.3 is 0 Å². The van der Waals surface area contributed by atoms with Crippen LogP contribution in [0.1, 0.15) is 12.6 Å². The molecule has 2 aromatic rings. The van der Waals surface area contributed by atoms with Crippen molar-refractivity contribution in [3.63, 3.8) is 0 Å². The van der Waals surface area contributed by atoms with E-state index in [0.717, 1.165) is 27.6 Å². The van der Waals surface area contributed by atoms with Crippen LogP contribution in [0.25, 0.3) is 10.9 Å². The molecular formula is C12H14BrNO2S. The first-order chi connectivity index (χ1) is 7.90. The molecule has 0 unspecified atom stereocenters. The Labute approximate surface area is 109 Å². The summed E-state index contributed by atoms with van der Waals surface area (Å²) in [6.07, 6.45) is 1.26. The number of hydrogen-bond donors (Lipinski definition) is 0. The third-order valence-corrected chi connectivity index (χ3v) is 3.99. The van der Waals surface area contributed by atoms with Crippen LogP contribution in [0, 0.1) is 0 Å². The van der Waals surface area contributed by atoms with Crippen LogP contribution in [0.2, 0.25) is 0 Å². The maximum atomic E-state index is 11.4. The molecule has 17 heavy (non-hydrogen) atoms. The lowest BCUT2D eigenvalue weighted by Crippen LogP contribution is -2.07. The molecule has 0 spiro atoms. The number of aromatic nitrogens is 1. The molecule has 0 N–H and O–H groups in total. The predicted molar refractivity (Wildman–Crippen MR) is 73.9 cm³/mol. The molecule has 3 nitrogen and oxygen atoms in total. The van der Waals surface area contributed by atoms with Gasteiger partial charge in [0.05, 0.1) is 5.75 Å². The van der Waals surface area contributed by atoms with E-state index in [0.29, 0.717) is 0 Å². The molecule has 1 aromatic carbocycles. The summed E-state index contributed by atoms with van der Waals surface area (Å²) in [5, 5.41) is 1.07. The zero-order chi connectivity index (χ0) is 12.6. The summed E-state index contributed by atoms with van der Waals surface area (Å²) in [6, 6.07) is 7.94. The molecular weight excluding hydrogens is 302 g/mol. The molecule has 0 radical (unpaired) electrons. The third-order valence-electron chi connectivity index (χ3n) is 2.68. The summed E-state index contributed by atoms with van der Waals surface area (Å²) in [5.74, 6) is 0.0904. The van der Waals surface area contributed by atoms with Gasteiger partial charge in [0.1, 0.15) is 0 Å². The molecule has 0 saturated carbocycles. The molecule has 1 aromatic heterocycles. The van der Waals surface area contributed by atoms with Crippen LogP contribution in [-0.2, 0) is 22.1 Å². The molecule has 0 aliphatic rings. The van der Waals surface area contributed by atoms with Crippen molar-refractivity contribution in [2.75, 3.05) is 6.26 Å². The van der Waals surface area contributed by atoms with Crippen LogP contribution in [0.4, 0.5) is 0 Å². The summed E-state index contributed by atoms with van der Waals surface area (Å²) in [6.45, 7) is 2.79. The van der Waals surface area contributed by atoms with E-state index in [1.54, 1.807) is 0 Å². The topological polar surface area (TPSA) is 39.1 Å². The highest BCUT2D eigenvalue weighted by Crippen LogP contribution is 2.24. The first-order valence-corrected chi connectivity index (χ1v) is 8.21. The molecule has 92 valence electrons. The highest BCUT2D eigenvalue weighted by atomic mass is 79.9. The summed E-state index contributed by atoms with van der Waals surface area (Å²) >= 11 is 3.42. The standard InChI is InChI=1S/C12H14BrNO2S/c1-3-14-11(8-17(2,15)16)7-9-6-10(13)4-5-12(9)14/h4-7H,3,8H2,1-2H3. The van der Waals surface area contributed by atoms with Gasteiger partial charge in [-0.15, -0.1) is 0 Å². The van der Waals surface area contributed by atoms with Gasteiger partial charge in [0, 0.05) is 33.9 Å². The second kappa shape index (κ2) is 4.46. The van der Waals surface area contributed by atoms with Crippen molar-refractivity contribution in [2.45, 2.75) is 19.2 Å². The zero-order valence-corrected chi connectivity index (χ0v) is 12.2. The van der Waals surface area contributed by atoms with E-state index in [1.165, 1.54) is 6.26 Å². The first-order valence-electron chi connectivity index (χ1n) is 5.36. The Morgan fingerprint density at radius 2 is 2.00 bits per heavy atom. The summed E-state index contributed by atoms with van der Waals surface area (Å²) in [7, 11) is -3.00. The predicted octanol–water partition coefficient (Wildman–Crippen LogP) is 2.97.